The fourth-order valence-corrected chi connectivity index (χ4v) is 3.38. The first-order chi connectivity index (χ1) is 14.7. The van der Waals surface area contributed by atoms with Gasteiger partial charge in [0.2, 0.25) is 0 Å². The number of carbonyl (C=O) groups is 1. The molecular formula is C25H24N2O3. The molecule has 1 heterocycles. The molecule has 0 aliphatic carbocycles. The van der Waals surface area contributed by atoms with Gasteiger partial charge in [-0.05, 0) is 28.8 Å². The molecule has 4 rings (SSSR count). The zero-order valence-corrected chi connectivity index (χ0v) is 16.9. The minimum atomic E-state index is -0.250. The van der Waals surface area contributed by atoms with Crippen molar-refractivity contribution in [3.63, 3.8) is 0 Å². The maximum absolute atomic E-state index is 12.6. The molecule has 0 aliphatic rings. The zero-order chi connectivity index (χ0) is 20.8. The van der Waals surface area contributed by atoms with Crippen molar-refractivity contribution in [3.05, 3.63) is 101 Å². The topological polar surface area (TPSA) is 63.5 Å². The van der Waals surface area contributed by atoms with Gasteiger partial charge in [0.05, 0.1) is 7.11 Å². The highest BCUT2D eigenvalue weighted by molar-refractivity contribution is 5.98. The summed E-state index contributed by atoms with van der Waals surface area (Å²) in [5.41, 5.74) is 3.88. The molecule has 0 unspecified atom stereocenters. The van der Waals surface area contributed by atoms with Gasteiger partial charge in [0.1, 0.15) is 0 Å². The Labute approximate surface area is 175 Å². The molecule has 0 fully saturated rings. The summed E-state index contributed by atoms with van der Waals surface area (Å²) < 4.78 is 11.3. The zero-order valence-electron chi connectivity index (χ0n) is 16.9. The van der Waals surface area contributed by atoms with Gasteiger partial charge in [-0.1, -0.05) is 66.7 Å². The van der Waals surface area contributed by atoms with Crippen molar-refractivity contribution in [2.45, 2.75) is 19.6 Å². The first-order valence-electron chi connectivity index (χ1n) is 9.91. The molecule has 30 heavy (non-hydrogen) atoms. The van der Waals surface area contributed by atoms with E-state index in [2.05, 4.69) is 22.8 Å². The molecule has 0 bridgehead atoms. The number of nitrogens with one attached hydrogen (secondary N) is 2. The number of hydrogen-bond acceptors (Lipinski definition) is 4. The highest BCUT2D eigenvalue weighted by Gasteiger charge is 2.17. The van der Waals surface area contributed by atoms with E-state index in [4.69, 9.17) is 9.15 Å². The number of hydrogen-bond donors (Lipinski definition) is 2. The third kappa shape index (κ3) is 4.53. The Hall–Kier alpha value is -3.57. The van der Waals surface area contributed by atoms with Crippen LogP contribution >= 0.6 is 0 Å². The van der Waals surface area contributed by atoms with E-state index in [1.807, 2.05) is 60.7 Å². The molecular weight excluding hydrogens is 376 g/mol. The van der Waals surface area contributed by atoms with E-state index in [-0.39, 0.29) is 11.7 Å². The molecule has 5 heteroatoms. The van der Waals surface area contributed by atoms with Gasteiger partial charge < -0.3 is 19.8 Å². The molecule has 0 saturated carbocycles. The van der Waals surface area contributed by atoms with Gasteiger partial charge in [0.15, 0.2) is 17.1 Å². The summed E-state index contributed by atoms with van der Waals surface area (Å²) in [4.78, 5) is 12.6. The highest BCUT2D eigenvalue weighted by atomic mass is 16.5. The lowest BCUT2D eigenvalue weighted by Crippen LogP contribution is -2.22. The first-order valence-corrected chi connectivity index (χ1v) is 9.91. The summed E-state index contributed by atoms with van der Waals surface area (Å²) in [7, 11) is 1.60. The Morgan fingerprint density at radius 3 is 2.20 bits per heavy atom. The fraction of sp³-hybridized carbons (Fsp3) is 0.160. The second-order valence-corrected chi connectivity index (χ2v) is 7.04. The van der Waals surface area contributed by atoms with Gasteiger partial charge in [0.25, 0.3) is 5.91 Å². The maximum Gasteiger partial charge on any atom is 0.287 e. The minimum absolute atomic E-state index is 0.250. The van der Waals surface area contributed by atoms with E-state index in [1.165, 1.54) is 5.56 Å². The van der Waals surface area contributed by atoms with Crippen LogP contribution in [0.15, 0.2) is 83.3 Å². The quantitative estimate of drug-likeness (QED) is 0.451. The molecule has 152 valence electrons. The molecule has 0 spiro atoms. The molecule has 2 N–H and O–H groups in total. The fourth-order valence-electron chi connectivity index (χ4n) is 3.38. The predicted molar refractivity (Wildman–Crippen MR) is 117 cm³/mol. The van der Waals surface area contributed by atoms with Gasteiger partial charge >= 0.3 is 0 Å². The summed E-state index contributed by atoms with van der Waals surface area (Å²) in [6.07, 6.45) is 0. The van der Waals surface area contributed by atoms with Crippen molar-refractivity contribution in [1.29, 1.82) is 0 Å². The van der Waals surface area contributed by atoms with Crippen LogP contribution in [0.5, 0.6) is 5.75 Å². The van der Waals surface area contributed by atoms with Crippen LogP contribution in [0, 0.1) is 0 Å². The van der Waals surface area contributed by atoms with Crippen molar-refractivity contribution >= 4 is 16.9 Å². The lowest BCUT2D eigenvalue weighted by Gasteiger charge is -2.08. The van der Waals surface area contributed by atoms with Crippen molar-refractivity contribution in [2.24, 2.45) is 0 Å². The first kappa shape index (κ1) is 19.7. The molecule has 4 aromatic rings. The SMILES string of the molecule is COc1ccc(CNCc2ccccc2)c2cc(C(=O)NCc3ccccc3)oc12. The summed E-state index contributed by atoms with van der Waals surface area (Å²) in [6.45, 7) is 1.86. The van der Waals surface area contributed by atoms with Crippen LogP contribution in [0.3, 0.4) is 0 Å². The van der Waals surface area contributed by atoms with Crippen LogP contribution in [0.25, 0.3) is 11.0 Å². The number of methoxy groups -OCH3 is 1. The second kappa shape index (κ2) is 9.29. The summed E-state index contributed by atoms with van der Waals surface area (Å²) in [5.74, 6) is 0.633. The molecule has 1 amide bonds. The van der Waals surface area contributed by atoms with E-state index in [9.17, 15) is 4.79 Å². The van der Waals surface area contributed by atoms with E-state index in [0.717, 1.165) is 23.1 Å². The average molecular weight is 400 g/mol. The molecule has 1 aromatic heterocycles. The average Bonchev–Trinajstić information content (AvgIpc) is 3.25. The summed E-state index contributed by atoms with van der Waals surface area (Å²) in [5, 5.41) is 7.23. The molecule has 0 atom stereocenters. The molecule has 0 aliphatic heterocycles. The molecule has 5 nitrogen and oxygen atoms in total. The number of amides is 1. The van der Waals surface area contributed by atoms with Crippen LogP contribution in [-0.2, 0) is 19.6 Å². The van der Waals surface area contributed by atoms with E-state index < -0.39 is 0 Å². The third-order valence-corrected chi connectivity index (χ3v) is 4.96. The number of ether oxygens (including phenoxy) is 1. The molecule has 3 aromatic carbocycles. The van der Waals surface area contributed by atoms with Crippen molar-refractivity contribution in [2.75, 3.05) is 7.11 Å². The standard InChI is InChI=1S/C25H24N2O3/c1-29-22-13-12-20(17-26-15-18-8-4-2-5-9-18)21-14-23(30-24(21)22)25(28)27-16-19-10-6-3-7-11-19/h2-14,26H,15-17H2,1H3,(H,27,28). The van der Waals surface area contributed by atoms with Crippen molar-refractivity contribution in [1.82, 2.24) is 10.6 Å². The largest absolute Gasteiger partial charge is 0.493 e. The van der Waals surface area contributed by atoms with E-state index >= 15 is 0 Å². The number of carbonyl (C=O) groups excluding carboxylic acids is 1. The minimum Gasteiger partial charge on any atom is -0.493 e. The number of benzene rings is 3. The Morgan fingerprint density at radius 1 is 0.867 bits per heavy atom. The monoisotopic (exact) mass is 400 g/mol. The molecule has 0 saturated heterocycles. The summed E-state index contributed by atoms with van der Waals surface area (Å²) in [6, 6.07) is 25.7. The number of rotatable bonds is 8. The van der Waals surface area contributed by atoms with Crippen LogP contribution in [0.2, 0.25) is 0 Å². The lowest BCUT2D eigenvalue weighted by molar-refractivity contribution is 0.0925. The highest BCUT2D eigenvalue weighted by Crippen LogP contribution is 2.31. The van der Waals surface area contributed by atoms with E-state index in [0.29, 0.717) is 24.4 Å². The normalized spacial score (nSPS) is 10.8. The number of fused-ring (bicyclic) bond motifs is 1. The van der Waals surface area contributed by atoms with Crippen LogP contribution in [0.4, 0.5) is 0 Å². The van der Waals surface area contributed by atoms with Gasteiger partial charge in [0, 0.05) is 25.0 Å². The number of furan rings is 1. The van der Waals surface area contributed by atoms with Gasteiger partial charge in [-0.3, -0.25) is 4.79 Å². The maximum atomic E-state index is 12.6. The van der Waals surface area contributed by atoms with Crippen LogP contribution < -0.4 is 15.4 Å². The Balaban J connectivity index is 1.51. The van der Waals surface area contributed by atoms with Gasteiger partial charge in [-0.15, -0.1) is 0 Å². The summed E-state index contributed by atoms with van der Waals surface area (Å²) >= 11 is 0. The second-order valence-electron chi connectivity index (χ2n) is 7.04. The Bertz CT molecular complexity index is 1120. The third-order valence-electron chi connectivity index (χ3n) is 4.96. The Kier molecular flexibility index (Phi) is 6.11. The smallest absolute Gasteiger partial charge is 0.287 e. The van der Waals surface area contributed by atoms with Gasteiger partial charge in [-0.25, -0.2) is 0 Å². The van der Waals surface area contributed by atoms with Crippen LogP contribution in [-0.4, -0.2) is 13.0 Å². The van der Waals surface area contributed by atoms with Crippen LogP contribution in [0.1, 0.15) is 27.2 Å². The lowest BCUT2D eigenvalue weighted by atomic mass is 10.1. The predicted octanol–water partition coefficient (Wildman–Crippen LogP) is 4.66. The Morgan fingerprint density at radius 2 is 1.53 bits per heavy atom. The molecule has 0 radical (unpaired) electrons. The van der Waals surface area contributed by atoms with Crippen molar-refractivity contribution < 1.29 is 13.9 Å². The van der Waals surface area contributed by atoms with E-state index in [1.54, 1.807) is 13.2 Å². The van der Waals surface area contributed by atoms with Crippen molar-refractivity contribution in [3.8, 4) is 5.75 Å². The van der Waals surface area contributed by atoms with Gasteiger partial charge in [-0.2, -0.15) is 0 Å².